The van der Waals surface area contributed by atoms with E-state index >= 15 is 0 Å². The van der Waals surface area contributed by atoms with Crippen molar-refractivity contribution in [3.63, 3.8) is 0 Å². The Hall–Kier alpha value is -4.24. The zero-order valence-corrected chi connectivity index (χ0v) is 20.6. The van der Waals surface area contributed by atoms with E-state index in [0.717, 1.165) is 77.0 Å². The minimum atomic E-state index is 0.0242. The van der Waals surface area contributed by atoms with Gasteiger partial charge in [-0.2, -0.15) is 0 Å². The average Bonchev–Trinajstić information content (AvgIpc) is 2.89. The molecule has 0 amide bonds. The molecular weight excluding hydrogens is 442 g/mol. The lowest BCUT2D eigenvalue weighted by molar-refractivity contribution is 0.487. The lowest BCUT2D eigenvalue weighted by Gasteiger charge is -2.22. The molecule has 0 aliphatic heterocycles. The Morgan fingerprint density at radius 2 is 1.31 bits per heavy atom. The van der Waals surface area contributed by atoms with E-state index < -0.39 is 0 Å². The predicted octanol–water partition coefficient (Wildman–Crippen LogP) is 7.43. The normalized spacial score (nSPS) is 12.9. The summed E-state index contributed by atoms with van der Waals surface area (Å²) >= 11 is 0. The Balaban J connectivity index is 1.96. The maximum absolute atomic E-state index is 14.0. The van der Waals surface area contributed by atoms with Crippen LogP contribution in [0.4, 0.5) is 0 Å². The van der Waals surface area contributed by atoms with Crippen LogP contribution in [-0.2, 0) is 0 Å². The highest BCUT2D eigenvalue weighted by molar-refractivity contribution is 6.38. The van der Waals surface area contributed by atoms with Gasteiger partial charge in [-0.05, 0) is 70.8 Å². The van der Waals surface area contributed by atoms with Crippen LogP contribution in [0.5, 0.6) is 5.75 Å². The molecule has 36 heavy (non-hydrogen) atoms. The molecule has 3 heteroatoms. The maximum Gasteiger partial charge on any atom is 0.194 e. The van der Waals surface area contributed by atoms with E-state index in [1.807, 2.05) is 26.0 Å². The summed E-state index contributed by atoms with van der Waals surface area (Å²) in [7, 11) is 0. The zero-order chi connectivity index (χ0) is 24.7. The molecule has 0 spiro atoms. The molecule has 5 aromatic carbocycles. The smallest absolute Gasteiger partial charge is 0.194 e. The number of nitrogens with zero attached hydrogens (tertiary/aromatic N) is 1. The Bertz CT molecular complexity index is 2110. The van der Waals surface area contributed by atoms with Crippen molar-refractivity contribution >= 4 is 53.9 Å². The number of phenolic OH excluding ortho intramolecular Hbond substituents is 1. The summed E-state index contributed by atoms with van der Waals surface area (Å²) in [5.41, 5.74) is 3.77. The molecule has 0 atom stereocenters. The van der Waals surface area contributed by atoms with Crippen molar-refractivity contribution in [2.24, 2.45) is 4.99 Å². The molecule has 0 saturated heterocycles. The summed E-state index contributed by atoms with van der Waals surface area (Å²) in [4.78, 5) is 18.9. The molecule has 0 aromatic heterocycles. The number of rotatable bonds is 2. The van der Waals surface area contributed by atoms with Crippen LogP contribution in [0.3, 0.4) is 0 Å². The van der Waals surface area contributed by atoms with Gasteiger partial charge in [0.1, 0.15) is 5.75 Å². The summed E-state index contributed by atoms with van der Waals surface area (Å²) in [5, 5.41) is 22.0. The van der Waals surface area contributed by atoms with Gasteiger partial charge in [0.15, 0.2) is 5.43 Å². The van der Waals surface area contributed by atoms with Crippen LogP contribution < -0.4 is 10.8 Å². The fourth-order valence-corrected chi connectivity index (χ4v) is 6.12. The molecule has 2 aliphatic carbocycles. The fourth-order valence-electron chi connectivity index (χ4n) is 6.12. The van der Waals surface area contributed by atoms with Crippen LogP contribution >= 0.6 is 0 Å². The Labute approximate surface area is 208 Å². The first kappa shape index (κ1) is 21.1. The second-order valence-electron chi connectivity index (χ2n) is 10.0. The highest BCUT2D eigenvalue weighted by atomic mass is 16.3. The second kappa shape index (κ2) is 7.38. The van der Waals surface area contributed by atoms with Crippen LogP contribution in [-0.4, -0.2) is 11.7 Å². The van der Waals surface area contributed by atoms with E-state index in [-0.39, 0.29) is 11.2 Å². The third kappa shape index (κ3) is 2.63. The Kier molecular flexibility index (Phi) is 4.32. The van der Waals surface area contributed by atoms with Crippen molar-refractivity contribution in [1.29, 1.82) is 0 Å². The lowest BCUT2D eigenvalue weighted by atomic mass is 9.80. The van der Waals surface area contributed by atoms with Gasteiger partial charge < -0.3 is 5.11 Å². The van der Waals surface area contributed by atoms with Crippen LogP contribution in [0.1, 0.15) is 24.5 Å². The monoisotopic (exact) mass is 467 g/mol. The van der Waals surface area contributed by atoms with Crippen molar-refractivity contribution in [1.82, 2.24) is 0 Å². The predicted molar refractivity (Wildman–Crippen MR) is 151 cm³/mol. The summed E-state index contributed by atoms with van der Waals surface area (Å²) < 4.78 is 0. The minimum absolute atomic E-state index is 0.0242. The third-order valence-corrected chi connectivity index (χ3v) is 7.65. The van der Waals surface area contributed by atoms with E-state index in [2.05, 4.69) is 61.5 Å². The maximum atomic E-state index is 14.0. The van der Waals surface area contributed by atoms with E-state index in [4.69, 9.17) is 4.99 Å². The van der Waals surface area contributed by atoms with Gasteiger partial charge in [0.05, 0.1) is 10.7 Å². The quantitative estimate of drug-likeness (QED) is 0.212. The van der Waals surface area contributed by atoms with Crippen molar-refractivity contribution in [3.8, 4) is 16.9 Å². The van der Waals surface area contributed by atoms with E-state index in [1.165, 1.54) is 0 Å². The van der Waals surface area contributed by atoms with Gasteiger partial charge in [-0.3, -0.25) is 9.79 Å². The summed E-state index contributed by atoms with van der Waals surface area (Å²) in [6, 6.07) is 22.8. The number of aryl methyl sites for hydroxylation is 2. The molecule has 0 bridgehead atoms. The van der Waals surface area contributed by atoms with Crippen LogP contribution in [0.15, 0.2) is 76.5 Å². The molecule has 1 N–H and O–H groups in total. The summed E-state index contributed by atoms with van der Waals surface area (Å²) in [5.74, 6) is 0.242. The van der Waals surface area contributed by atoms with Crippen molar-refractivity contribution in [2.45, 2.75) is 27.2 Å². The van der Waals surface area contributed by atoms with Crippen LogP contribution in [0.25, 0.3) is 65.0 Å². The largest absolute Gasteiger partial charge is 0.507 e. The number of hydrogen-bond donors (Lipinski definition) is 1. The molecule has 0 unspecified atom stereocenters. The SMILES string of the molecule is CCCN=c1cc2c(=O)c3cc(C)ccc3c3c-2c2c1c(O)c1cc(C)ccc1c2c1ccccc13. The number of aromatic hydroxyl groups is 1. The lowest BCUT2D eigenvalue weighted by Crippen LogP contribution is -2.15. The van der Waals surface area contributed by atoms with Crippen molar-refractivity contribution in [3.05, 3.63) is 93.4 Å². The average molecular weight is 468 g/mol. The van der Waals surface area contributed by atoms with Gasteiger partial charge in [-0.15, -0.1) is 0 Å². The van der Waals surface area contributed by atoms with Gasteiger partial charge in [-0.1, -0.05) is 66.6 Å². The van der Waals surface area contributed by atoms with E-state index in [0.29, 0.717) is 17.5 Å². The molecule has 5 aromatic rings. The molecule has 3 nitrogen and oxygen atoms in total. The van der Waals surface area contributed by atoms with E-state index in [1.54, 1.807) is 0 Å². The van der Waals surface area contributed by atoms with Crippen LogP contribution in [0.2, 0.25) is 0 Å². The van der Waals surface area contributed by atoms with Gasteiger partial charge in [0.2, 0.25) is 0 Å². The first-order valence-corrected chi connectivity index (χ1v) is 12.6. The number of benzene rings is 7. The first-order chi connectivity index (χ1) is 17.5. The minimum Gasteiger partial charge on any atom is -0.507 e. The van der Waals surface area contributed by atoms with Gasteiger partial charge in [0.25, 0.3) is 0 Å². The number of phenols is 1. The topological polar surface area (TPSA) is 49.7 Å². The van der Waals surface area contributed by atoms with Gasteiger partial charge in [-0.25, -0.2) is 0 Å². The highest BCUT2D eigenvalue weighted by Gasteiger charge is 2.27. The fraction of sp³-hybridized carbons (Fsp3) is 0.152. The van der Waals surface area contributed by atoms with Gasteiger partial charge in [0, 0.05) is 33.8 Å². The summed E-state index contributed by atoms with van der Waals surface area (Å²) in [6.07, 6.45) is 0.884. The molecule has 0 radical (unpaired) electrons. The number of fused-ring (bicyclic) bond motifs is 7. The molecule has 2 aliphatic rings. The highest BCUT2D eigenvalue weighted by Crippen LogP contribution is 2.49. The first-order valence-electron chi connectivity index (χ1n) is 12.6. The summed E-state index contributed by atoms with van der Waals surface area (Å²) in [6.45, 7) is 6.78. The molecule has 174 valence electrons. The molecule has 7 rings (SSSR count). The Morgan fingerprint density at radius 3 is 2.00 bits per heavy atom. The zero-order valence-electron chi connectivity index (χ0n) is 20.6. The molecule has 0 saturated carbocycles. The van der Waals surface area contributed by atoms with Crippen molar-refractivity contribution < 1.29 is 5.11 Å². The van der Waals surface area contributed by atoms with Gasteiger partial charge >= 0.3 is 0 Å². The molecule has 0 heterocycles. The Morgan fingerprint density at radius 1 is 0.694 bits per heavy atom. The number of hydrogen-bond acceptors (Lipinski definition) is 3. The van der Waals surface area contributed by atoms with Crippen molar-refractivity contribution in [2.75, 3.05) is 6.54 Å². The molecular formula is C33H25NO2. The second-order valence-corrected chi connectivity index (χ2v) is 10.0. The van der Waals surface area contributed by atoms with E-state index in [9.17, 15) is 9.90 Å². The third-order valence-electron chi connectivity index (χ3n) is 7.65. The standard InChI is InChI=1S/C33H25NO2/c1-4-13-34-26-16-25-29-27(21-11-9-17(2)14-23(21)32(25)35)19-7-5-6-8-20(19)28-22-12-10-18(3)15-24(22)33(36)30(26)31(28)29/h5-12,14-16,36H,4,13H2,1-3H3. The van der Waals surface area contributed by atoms with Crippen LogP contribution in [0, 0.1) is 13.8 Å². The molecule has 0 fully saturated rings.